The van der Waals surface area contributed by atoms with Crippen LogP contribution in [0.25, 0.3) is 0 Å². The van der Waals surface area contributed by atoms with Gasteiger partial charge in [0.15, 0.2) is 0 Å². The van der Waals surface area contributed by atoms with E-state index in [1.807, 2.05) is 11.4 Å². The Balaban J connectivity index is 1.75. The predicted octanol–water partition coefficient (Wildman–Crippen LogP) is 1.83. The van der Waals surface area contributed by atoms with Crippen LogP contribution in [0, 0.1) is 0 Å². The Morgan fingerprint density at radius 1 is 1.52 bits per heavy atom. The highest BCUT2D eigenvalue weighted by atomic mass is 32.2. The summed E-state index contributed by atoms with van der Waals surface area (Å²) < 4.78 is 5.32. The number of aliphatic carboxylic acids is 1. The first kappa shape index (κ1) is 14.9. The van der Waals surface area contributed by atoms with Gasteiger partial charge < -0.3 is 15.2 Å². The zero-order valence-corrected chi connectivity index (χ0v) is 13.1. The number of nitrogens with one attached hydrogen (secondary N) is 1. The second-order valence-electron chi connectivity index (χ2n) is 5.44. The third-order valence-electron chi connectivity index (χ3n) is 3.90. The van der Waals surface area contributed by atoms with Gasteiger partial charge in [0.05, 0.1) is 18.6 Å². The van der Waals surface area contributed by atoms with Crippen LogP contribution < -0.4 is 5.32 Å². The van der Waals surface area contributed by atoms with Gasteiger partial charge >= 0.3 is 5.97 Å². The predicted molar refractivity (Wildman–Crippen MR) is 81.8 cm³/mol. The van der Waals surface area contributed by atoms with Crippen LogP contribution in [0.2, 0.25) is 0 Å². The summed E-state index contributed by atoms with van der Waals surface area (Å²) in [6, 6.07) is 2.01. The number of fused-ring (bicyclic) bond motifs is 1. The van der Waals surface area contributed by atoms with Crippen molar-refractivity contribution in [3.8, 4) is 0 Å². The molecule has 5 nitrogen and oxygen atoms in total. The molecular weight excluding hydrogens is 310 g/mol. The van der Waals surface area contributed by atoms with Crippen molar-refractivity contribution in [2.24, 2.45) is 0 Å². The molecule has 0 aromatic carbocycles. The molecule has 0 radical (unpaired) electrons. The van der Waals surface area contributed by atoms with E-state index in [2.05, 4.69) is 5.32 Å². The first-order valence-corrected chi connectivity index (χ1v) is 8.82. The van der Waals surface area contributed by atoms with E-state index in [4.69, 9.17) is 9.84 Å². The molecule has 21 heavy (non-hydrogen) atoms. The van der Waals surface area contributed by atoms with Gasteiger partial charge in [-0.1, -0.05) is 0 Å². The fraction of sp³-hybridized carbons (Fsp3) is 0.571. The highest BCUT2D eigenvalue weighted by molar-refractivity contribution is 8.00. The molecule has 0 bridgehead atoms. The minimum Gasteiger partial charge on any atom is -0.481 e. The molecule has 1 saturated heterocycles. The van der Waals surface area contributed by atoms with Gasteiger partial charge in [-0.15, -0.1) is 23.1 Å². The van der Waals surface area contributed by atoms with Crippen LogP contribution in [0.3, 0.4) is 0 Å². The van der Waals surface area contributed by atoms with Crippen LogP contribution in [0.1, 0.15) is 28.5 Å². The van der Waals surface area contributed by atoms with Gasteiger partial charge in [0.25, 0.3) is 0 Å². The number of hydrogen-bond acceptors (Lipinski definition) is 5. The third-order valence-corrected chi connectivity index (χ3v) is 6.13. The SMILES string of the molecule is O=C(O)CC1(NC(=O)C2SCCc3sccc32)CCOC1. The Kier molecular flexibility index (Phi) is 4.24. The molecule has 1 fully saturated rings. The Morgan fingerprint density at radius 3 is 3.10 bits per heavy atom. The molecule has 2 aliphatic heterocycles. The van der Waals surface area contributed by atoms with Gasteiger partial charge in [-0.05, 0) is 35.6 Å². The first-order chi connectivity index (χ1) is 10.1. The summed E-state index contributed by atoms with van der Waals surface area (Å²) in [6.07, 6.45) is 1.47. The Labute approximate surface area is 131 Å². The Morgan fingerprint density at radius 2 is 2.38 bits per heavy atom. The largest absolute Gasteiger partial charge is 0.481 e. The standard InChI is InChI=1S/C14H17NO4S2/c16-11(17)7-14(3-4-19-8-14)15-13(18)12-9-1-5-20-10(9)2-6-21-12/h1,5,12H,2-4,6-8H2,(H,15,18)(H,16,17). The van der Waals surface area contributed by atoms with Crippen LogP contribution in [-0.4, -0.2) is 41.5 Å². The number of carbonyl (C=O) groups excluding carboxylic acids is 1. The number of thioether (sulfide) groups is 1. The third kappa shape index (κ3) is 3.09. The molecule has 1 aromatic rings. The molecule has 3 heterocycles. The second kappa shape index (κ2) is 5.98. The lowest BCUT2D eigenvalue weighted by Gasteiger charge is -2.30. The minimum atomic E-state index is -0.909. The molecular formula is C14H17NO4S2. The van der Waals surface area contributed by atoms with Crippen molar-refractivity contribution in [2.75, 3.05) is 19.0 Å². The number of thiophene rings is 1. The van der Waals surface area contributed by atoms with Gasteiger partial charge in [0.2, 0.25) is 5.91 Å². The van der Waals surface area contributed by atoms with Crippen molar-refractivity contribution >= 4 is 35.0 Å². The molecule has 2 unspecified atom stereocenters. The summed E-state index contributed by atoms with van der Waals surface area (Å²) in [5.74, 6) is -0.0759. The zero-order chi connectivity index (χ0) is 14.9. The molecule has 2 atom stereocenters. The van der Waals surface area contributed by atoms with Crippen LogP contribution >= 0.6 is 23.1 Å². The number of rotatable bonds is 4. The molecule has 7 heteroatoms. The summed E-state index contributed by atoms with van der Waals surface area (Å²) in [7, 11) is 0. The number of aryl methyl sites for hydroxylation is 1. The molecule has 0 aliphatic carbocycles. The van der Waals surface area contributed by atoms with Crippen LogP contribution in [0.5, 0.6) is 0 Å². The fourth-order valence-corrected chi connectivity index (χ4v) is 5.16. The summed E-state index contributed by atoms with van der Waals surface area (Å²) in [5, 5.41) is 13.8. The van der Waals surface area contributed by atoms with Crippen LogP contribution in [0.15, 0.2) is 11.4 Å². The van der Waals surface area contributed by atoms with E-state index in [0.717, 1.165) is 17.7 Å². The fourth-order valence-electron chi connectivity index (χ4n) is 2.87. The van der Waals surface area contributed by atoms with Crippen molar-refractivity contribution < 1.29 is 19.4 Å². The van der Waals surface area contributed by atoms with Crippen molar-refractivity contribution in [1.29, 1.82) is 0 Å². The average Bonchev–Trinajstić information content (AvgIpc) is 3.06. The highest BCUT2D eigenvalue weighted by Gasteiger charge is 2.41. The van der Waals surface area contributed by atoms with E-state index in [1.165, 1.54) is 4.88 Å². The molecule has 2 N–H and O–H groups in total. The van der Waals surface area contributed by atoms with Crippen molar-refractivity contribution in [3.05, 3.63) is 21.9 Å². The summed E-state index contributed by atoms with van der Waals surface area (Å²) in [6.45, 7) is 0.772. The lowest BCUT2D eigenvalue weighted by molar-refractivity contribution is -0.139. The van der Waals surface area contributed by atoms with E-state index < -0.39 is 11.5 Å². The number of hydrogen-bond donors (Lipinski definition) is 2. The lowest BCUT2D eigenvalue weighted by Crippen LogP contribution is -2.51. The molecule has 0 spiro atoms. The van der Waals surface area contributed by atoms with Crippen molar-refractivity contribution in [1.82, 2.24) is 5.32 Å². The van der Waals surface area contributed by atoms with Crippen LogP contribution in [-0.2, 0) is 20.7 Å². The first-order valence-electron chi connectivity index (χ1n) is 6.89. The maximum absolute atomic E-state index is 12.6. The van der Waals surface area contributed by atoms with Gasteiger partial charge in [0, 0.05) is 11.5 Å². The number of ether oxygens (including phenoxy) is 1. The summed E-state index contributed by atoms with van der Waals surface area (Å²) in [4.78, 5) is 25.0. The normalized spacial score (nSPS) is 28.1. The lowest BCUT2D eigenvalue weighted by atomic mass is 9.93. The Hall–Kier alpha value is -1.05. The van der Waals surface area contributed by atoms with Gasteiger partial charge in [-0.25, -0.2) is 0 Å². The topological polar surface area (TPSA) is 75.6 Å². The maximum Gasteiger partial charge on any atom is 0.305 e. The van der Waals surface area contributed by atoms with Crippen molar-refractivity contribution in [2.45, 2.75) is 30.1 Å². The molecule has 1 aromatic heterocycles. The van der Waals surface area contributed by atoms with E-state index in [9.17, 15) is 9.59 Å². The maximum atomic E-state index is 12.6. The average molecular weight is 327 g/mol. The second-order valence-corrected chi connectivity index (χ2v) is 7.66. The minimum absolute atomic E-state index is 0.0907. The van der Waals surface area contributed by atoms with Gasteiger partial charge in [0.1, 0.15) is 5.25 Å². The number of carboxylic acid groups (broad SMARTS) is 1. The van der Waals surface area contributed by atoms with E-state index in [1.54, 1.807) is 23.1 Å². The monoisotopic (exact) mass is 327 g/mol. The van der Waals surface area contributed by atoms with E-state index >= 15 is 0 Å². The molecule has 1 amide bonds. The number of carboxylic acids is 1. The zero-order valence-electron chi connectivity index (χ0n) is 11.5. The number of carbonyl (C=O) groups is 2. The van der Waals surface area contributed by atoms with E-state index in [-0.39, 0.29) is 24.2 Å². The van der Waals surface area contributed by atoms with Crippen molar-refractivity contribution in [3.63, 3.8) is 0 Å². The quantitative estimate of drug-likeness (QED) is 0.882. The van der Waals surface area contributed by atoms with Gasteiger partial charge in [-0.3, -0.25) is 9.59 Å². The molecule has 3 rings (SSSR count). The van der Waals surface area contributed by atoms with E-state index in [0.29, 0.717) is 13.0 Å². The summed E-state index contributed by atoms with van der Waals surface area (Å²) >= 11 is 3.31. The highest BCUT2D eigenvalue weighted by Crippen LogP contribution is 2.40. The molecule has 0 saturated carbocycles. The molecule has 2 aliphatic rings. The Bertz CT molecular complexity index is 551. The smallest absolute Gasteiger partial charge is 0.305 e. The van der Waals surface area contributed by atoms with Crippen LogP contribution in [0.4, 0.5) is 0 Å². The van der Waals surface area contributed by atoms with Gasteiger partial charge in [-0.2, -0.15) is 0 Å². The molecule has 114 valence electrons. The summed E-state index contributed by atoms with van der Waals surface area (Å²) in [5.41, 5.74) is 0.329. The number of amides is 1.